The molecule has 1 aliphatic heterocycles. The molecule has 0 spiro atoms. The topological polar surface area (TPSA) is 23.6 Å². The van der Waals surface area contributed by atoms with Gasteiger partial charge in [-0.15, -0.1) is 0 Å². The van der Waals surface area contributed by atoms with Gasteiger partial charge in [0.05, 0.1) is 0 Å². The van der Waals surface area contributed by atoms with Crippen molar-refractivity contribution in [2.75, 3.05) is 31.1 Å². The molecule has 4 heteroatoms. The van der Waals surface area contributed by atoms with Crippen LogP contribution in [0.15, 0.2) is 12.1 Å². The van der Waals surface area contributed by atoms with E-state index in [1.807, 2.05) is 25.7 Å². The zero-order valence-corrected chi connectivity index (χ0v) is 12.6. The van der Waals surface area contributed by atoms with Gasteiger partial charge in [-0.2, -0.15) is 0 Å². The van der Waals surface area contributed by atoms with E-state index in [0.29, 0.717) is 6.42 Å². The van der Waals surface area contributed by atoms with Crippen LogP contribution in [0.1, 0.15) is 24.5 Å². The monoisotopic (exact) mass is 280 g/mol. The average molecular weight is 281 g/mol. The first-order valence-corrected chi connectivity index (χ1v) is 7.20. The predicted molar refractivity (Wildman–Crippen MR) is 80.0 cm³/mol. The summed E-state index contributed by atoms with van der Waals surface area (Å²) in [6, 6.07) is 4.26. The molecule has 0 unspecified atom stereocenters. The highest BCUT2D eigenvalue weighted by Crippen LogP contribution is 2.27. The number of rotatable bonds is 2. The maximum atomic E-state index is 11.7. The summed E-state index contributed by atoms with van der Waals surface area (Å²) in [4.78, 5) is 15.9. The first-order valence-electron chi connectivity index (χ1n) is 6.82. The van der Waals surface area contributed by atoms with Gasteiger partial charge in [-0.1, -0.05) is 18.5 Å². The van der Waals surface area contributed by atoms with Gasteiger partial charge in [0, 0.05) is 43.3 Å². The number of hydrogen-bond acceptors (Lipinski definition) is 2. The Labute approximate surface area is 120 Å². The molecule has 1 fully saturated rings. The fourth-order valence-electron chi connectivity index (χ4n) is 2.54. The number of hydrogen-bond donors (Lipinski definition) is 0. The number of amides is 1. The van der Waals surface area contributed by atoms with Gasteiger partial charge in [0.25, 0.3) is 0 Å². The minimum absolute atomic E-state index is 0.253. The number of nitrogens with zero attached hydrogens (tertiary/aromatic N) is 2. The van der Waals surface area contributed by atoms with Crippen molar-refractivity contribution in [1.82, 2.24) is 4.90 Å². The Kier molecular flexibility index (Phi) is 4.35. The smallest absolute Gasteiger partial charge is 0.222 e. The van der Waals surface area contributed by atoms with Crippen molar-refractivity contribution in [2.24, 2.45) is 0 Å². The Morgan fingerprint density at radius 2 is 1.68 bits per heavy atom. The van der Waals surface area contributed by atoms with Crippen molar-refractivity contribution in [3.05, 3.63) is 28.3 Å². The third-order valence-electron chi connectivity index (χ3n) is 3.72. The molecule has 0 radical (unpaired) electrons. The van der Waals surface area contributed by atoms with Crippen molar-refractivity contribution in [2.45, 2.75) is 27.2 Å². The average Bonchev–Trinajstić information content (AvgIpc) is 2.43. The van der Waals surface area contributed by atoms with Crippen molar-refractivity contribution < 1.29 is 4.79 Å². The fraction of sp³-hybridized carbons (Fsp3) is 0.533. The molecule has 0 saturated carbocycles. The lowest BCUT2D eigenvalue weighted by atomic mass is 10.1. The summed E-state index contributed by atoms with van der Waals surface area (Å²) >= 11 is 6.20. The van der Waals surface area contributed by atoms with E-state index in [1.54, 1.807) is 0 Å². The molecule has 19 heavy (non-hydrogen) atoms. The van der Waals surface area contributed by atoms with Crippen LogP contribution < -0.4 is 4.90 Å². The summed E-state index contributed by atoms with van der Waals surface area (Å²) in [7, 11) is 0. The van der Waals surface area contributed by atoms with E-state index in [-0.39, 0.29) is 5.91 Å². The summed E-state index contributed by atoms with van der Waals surface area (Å²) in [6.45, 7) is 9.41. The van der Waals surface area contributed by atoms with Gasteiger partial charge in [-0.3, -0.25) is 4.79 Å². The second kappa shape index (κ2) is 5.83. The molecule has 0 aliphatic carbocycles. The molecule has 2 rings (SSSR count). The number of carbonyl (C=O) groups excluding carboxylic acids is 1. The molecule has 1 saturated heterocycles. The van der Waals surface area contributed by atoms with Gasteiger partial charge >= 0.3 is 0 Å². The Morgan fingerprint density at radius 3 is 2.16 bits per heavy atom. The molecular formula is C15H21ClN2O. The molecule has 1 aromatic rings. The lowest BCUT2D eigenvalue weighted by Crippen LogP contribution is -2.48. The Morgan fingerprint density at radius 1 is 1.16 bits per heavy atom. The molecule has 1 amide bonds. The van der Waals surface area contributed by atoms with Crippen LogP contribution in [0.5, 0.6) is 0 Å². The second-order valence-corrected chi connectivity index (χ2v) is 5.49. The zero-order valence-electron chi connectivity index (χ0n) is 11.9. The van der Waals surface area contributed by atoms with Crippen LogP contribution in [0, 0.1) is 13.8 Å². The highest BCUT2D eigenvalue weighted by molar-refractivity contribution is 6.32. The largest absolute Gasteiger partial charge is 0.368 e. The van der Waals surface area contributed by atoms with E-state index in [0.717, 1.165) is 42.3 Å². The quantitative estimate of drug-likeness (QED) is 0.831. The van der Waals surface area contributed by atoms with Crippen molar-refractivity contribution >= 4 is 23.2 Å². The molecule has 1 heterocycles. The number of carbonyl (C=O) groups is 1. The minimum Gasteiger partial charge on any atom is -0.368 e. The third-order valence-corrected chi connectivity index (χ3v) is 4.32. The van der Waals surface area contributed by atoms with Crippen LogP contribution in [0.4, 0.5) is 5.69 Å². The SMILES string of the molecule is CCC(=O)N1CCN(c2cc(C)c(Cl)c(C)c2)CC1. The Hall–Kier alpha value is -1.22. The van der Waals surface area contributed by atoms with E-state index in [9.17, 15) is 4.79 Å². The minimum atomic E-state index is 0.253. The maximum absolute atomic E-state index is 11.7. The number of anilines is 1. The van der Waals surface area contributed by atoms with Crippen LogP contribution in [-0.4, -0.2) is 37.0 Å². The molecule has 0 aromatic heterocycles. The van der Waals surface area contributed by atoms with Gasteiger partial charge in [0.1, 0.15) is 0 Å². The van der Waals surface area contributed by atoms with E-state index in [2.05, 4.69) is 17.0 Å². The number of piperazine rings is 1. The van der Waals surface area contributed by atoms with E-state index in [4.69, 9.17) is 11.6 Å². The van der Waals surface area contributed by atoms with Crippen LogP contribution in [-0.2, 0) is 4.79 Å². The molecular weight excluding hydrogens is 260 g/mol. The van der Waals surface area contributed by atoms with Crippen molar-refractivity contribution in [3.8, 4) is 0 Å². The van der Waals surface area contributed by atoms with Gasteiger partial charge in [-0.25, -0.2) is 0 Å². The van der Waals surface area contributed by atoms with Crippen LogP contribution >= 0.6 is 11.6 Å². The van der Waals surface area contributed by atoms with Crippen LogP contribution in [0.2, 0.25) is 5.02 Å². The predicted octanol–water partition coefficient (Wildman–Crippen LogP) is 3.02. The summed E-state index contributed by atoms with van der Waals surface area (Å²) in [5.41, 5.74) is 3.44. The normalized spacial score (nSPS) is 15.8. The molecule has 0 atom stereocenters. The van der Waals surface area contributed by atoms with Crippen molar-refractivity contribution in [1.29, 1.82) is 0 Å². The van der Waals surface area contributed by atoms with E-state index in [1.165, 1.54) is 5.69 Å². The lowest BCUT2D eigenvalue weighted by molar-refractivity contribution is -0.131. The lowest BCUT2D eigenvalue weighted by Gasteiger charge is -2.36. The Balaban J connectivity index is 2.08. The Bertz CT molecular complexity index is 456. The van der Waals surface area contributed by atoms with Gasteiger partial charge in [0.2, 0.25) is 5.91 Å². The highest BCUT2D eigenvalue weighted by atomic mass is 35.5. The summed E-state index contributed by atoms with van der Waals surface area (Å²) in [5, 5.41) is 0.851. The molecule has 0 N–H and O–H groups in total. The number of halogens is 1. The summed E-state index contributed by atoms with van der Waals surface area (Å²) in [6.07, 6.45) is 0.596. The highest BCUT2D eigenvalue weighted by Gasteiger charge is 2.20. The number of benzene rings is 1. The zero-order chi connectivity index (χ0) is 14.0. The molecule has 1 aromatic carbocycles. The van der Waals surface area contributed by atoms with Gasteiger partial charge in [0.15, 0.2) is 0 Å². The maximum Gasteiger partial charge on any atom is 0.222 e. The summed E-state index contributed by atoms with van der Waals surface area (Å²) < 4.78 is 0. The molecule has 104 valence electrons. The standard InChI is InChI=1S/C15H21ClN2O/c1-4-14(19)18-7-5-17(6-8-18)13-9-11(2)15(16)12(3)10-13/h9-10H,4-8H2,1-3H3. The first kappa shape index (κ1) is 14.2. The van der Waals surface area contributed by atoms with Crippen molar-refractivity contribution in [3.63, 3.8) is 0 Å². The first-order chi connectivity index (χ1) is 9.02. The fourth-order valence-corrected chi connectivity index (χ4v) is 2.65. The van der Waals surface area contributed by atoms with E-state index >= 15 is 0 Å². The van der Waals surface area contributed by atoms with E-state index < -0.39 is 0 Å². The molecule has 0 bridgehead atoms. The third kappa shape index (κ3) is 3.03. The van der Waals surface area contributed by atoms with Gasteiger partial charge in [-0.05, 0) is 37.1 Å². The number of aryl methyl sites for hydroxylation is 2. The van der Waals surface area contributed by atoms with Crippen LogP contribution in [0.3, 0.4) is 0 Å². The second-order valence-electron chi connectivity index (χ2n) is 5.11. The van der Waals surface area contributed by atoms with Crippen LogP contribution in [0.25, 0.3) is 0 Å². The summed E-state index contributed by atoms with van der Waals surface area (Å²) in [5.74, 6) is 0.253. The van der Waals surface area contributed by atoms with Gasteiger partial charge < -0.3 is 9.80 Å². The molecule has 1 aliphatic rings. The molecule has 3 nitrogen and oxygen atoms in total.